The van der Waals surface area contributed by atoms with E-state index in [0.717, 1.165) is 5.69 Å². The van der Waals surface area contributed by atoms with Crippen LogP contribution in [-0.4, -0.2) is 48.3 Å². The first-order valence-corrected chi connectivity index (χ1v) is 9.08. The molecule has 0 spiro atoms. The molecule has 1 aliphatic rings. The van der Waals surface area contributed by atoms with Crippen molar-refractivity contribution in [2.75, 3.05) is 18.1 Å². The highest BCUT2D eigenvalue weighted by Gasteiger charge is 2.32. The van der Waals surface area contributed by atoms with E-state index < -0.39 is 9.84 Å². The zero-order chi connectivity index (χ0) is 15.8. The molecule has 1 aromatic rings. The minimum absolute atomic E-state index is 0.00853. The summed E-state index contributed by atoms with van der Waals surface area (Å²) in [5.41, 5.74) is 1.22. The fourth-order valence-corrected chi connectivity index (χ4v) is 4.17. The summed E-state index contributed by atoms with van der Waals surface area (Å²) in [6.45, 7) is 5.92. The van der Waals surface area contributed by atoms with Gasteiger partial charge in [-0.1, -0.05) is 25.4 Å². The molecular weight excluding hydrogens is 312 g/mol. The van der Waals surface area contributed by atoms with Gasteiger partial charge in [0.25, 0.3) is 5.91 Å². The molecule has 116 valence electrons. The third-order valence-electron chi connectivity index (χ3n) is 3.58. The normalized spacial score (nSPS) is 21.6. The van der Waals surface area contributed by atoms with Crippen molar-refractivity contribution in [2.45, 2.75) is 32.7 Å². The van der Waals surface area contributed by atoms with Crippen LogP contribution in [0.25, 0.3) is 0 Å². The Bertz CT molecular complexity index is 658. The molecule has 0 aromatic carbocycles. The molecule has 1 amide bonds. The number of hydrogen-bond donors (Lipinski definition) is 0. The summed E-state index contributed by atoms with van der Waals surface area (Å²) < 4.78 is 23.2. The summed E-state index contributed by atoms with van der Waals surface area (Å²) >= 11 is 5.98. The van der Waals surface area contributed by atoms with E-state index in [-0.39, 0.29) is 41.1 Å². The molecule has 0 saturated carbocycles. The first-order valence-electron chi connectivity index (χ1n) is 6.88. The van der Waals surface area contributed by atoms with Gasteiger partial charge in [0.05, 0.1) is 11.5 Å². The highest BCUT2D eigenvalue weighted by atomic mass is 35.5. The van der Waals surface area contributed by atoms with Gasteiger partial charge in [-0.3, -0.25) is 4.79 Å². The Labute approximate surface area is 130 Å². The molecule has 1 unspecified atom stereocenters. The van der Waals surface area contributed by atoms with E-state index in [1.165, 1.54) is 6.07 Å². The van der Waals surface area contributed by atoms with Crippen molar-refractivity contribution in [3.63, 3.8) is 0 Å². The highest BCUT2D eigenvalue weighted by molar-refractivity contribution is 7.91. The van der Waals surface area contributed by atoms with Gasteiger partial charge in [0.15, 0.2) is 9.84 Å². The maximum Gasteiger partial charge on any atom is 0.254 e. The first kappa shape index (κ1) is 16.2. The van der Waals surface area contributed by atoms with E-state index in [2.05, 4.69) is 4.98 Å². The summed E-state index contributed by atoms with van der Waals surface area (Å²) in [5.74, 6) is -0.00827. The third kappa shape index (κ3) is 3.74. The summed E-state index contributed by atoms with van der Waals surface area (Å²) in [6.07, 6.45) is 0. The van der Waals surface area contributed by atoms with Crippen molar-refractivity contribution in [2.24, 2.45) is 0 Å². The van der Waals surface area contributed by atoms with E-state index >= 15 is 0 Å². The van der Waals surface area contributed by atoms with Gasteiger partial charge >= 0.3 is 0 Å². The lowest BCUT2D eigenvalue weighted by atomic mass is 10.1. The Morgan fingerprint density at radius 2 is 2.10 bits per heavy atom. The predicted octanol–water partition coefficient (Wildman–Crippen LogP) is 2.12. The number of hydrogen-bond acceptors (Lipinski definition) is 4. The Morgan fingerprint density at radius 3 is 2.67 bits per heavy atom. The van der Waals surface area contributed by atoms with Crippen LogP contribution in [0.15, 0.2) is 12.1 Å². The van der Waals surface area contributed by atoms with Crippen LogP contribution in [0.3, 0.4) is 0 Å². The van der Waals surface area contributed by atoms with E-state index in [1.807, 2.05) is 13.8 Å². The SMILES string of the molecule is CC(C)c1cc(C(=O)N2CCS(=O)(=O)CC2C)cc(Cl)n1. The molecule has 2 heterocycles. The number of aromatic nitrogens is 1. The third-order valence-corrected chi connectivity index (χ3v) is 5.57. The molecule has 0 N–H and O–H groups in total. The fraction of sp³-hybridized carbons (Fsp3) is 0.571. The molecule has 21 heavy (non-hydrogen) atoms. The largest absolute Gasteiger partial charge is 0.334 e. The first-order chi connectivity index (χ1) is 9.69. The fourth-order valence-electron chi connectivity index (χ4n) is 2.40. The van der Waals surface area contributed by atoms with Crippen LogP contribution in [0.4, 0.5) is 0 Å². The molecular formula is C14H19ClN2O3S. The second kappa shape index (κ2) is 5.93. The van der Waals surface area contributed by atoms with E-state index in [9.17, 15) is 13.2 Å². The van der Waals surface area contributed by atoms with Crippen molar-refractivity contribution in [1.82, 2.24) is 9.88 Å². The Morgan fingerprint density at radius 1 is 1.43 bits per heavy atom. The summed E-state index contributed by atoms with van der Waals surface area (Å²) in [4.78, 5) is 18.4. The number of nitrogens with zero attached hydrogens (tertiary/aromatic N) is 2. The molecule has 5 nitrogen and oxygen atoms in total. The lowest BCUT2D eigenvalue weighted by Gasteiger charge is -2.33. The molecule has 1 aromatic heterocycles. The van der Waals surface area contributed by atoms with Crippen molar-refractivity contribution < 1.29 is 13.2 Å². The standard InChI is InChI=1S/C14H19ClN2O3S/c1-9(2)12-6-11(7-13(15)16-12)14(18)17-4-5-21(19,20)8-10(17)3/h6-7,9-10H,4-5,8H2,1-3H3. The van der Waals surface area contributed by atoms with Gasteiger partial charge in [-0.15, -0.1) is 0 Å². The van der Waals surface area contributed by atoms with Crippen molar-refractivity contribution in [3.05, 3.63) is 28.5 Å². The number of sulfone groups is 1. The van der Waals surface area contributed by atoms with E-state index in [1.54, 1.807) is 17.9 Å². The second-order valence-corrected chi connectivity index (χ2v) is 8.34. The average molecular weight is 331 g/mol. The van der Waals surface area contributed by atoms with Crippen LogP contribution in [0, 0.1) is 0 Å². The summed E-state index contributed by atoms with van der Waals surface area (Å²) in [7, 11) is -3.04. The second-order valence-electron chi connectivity index (χ2n) is 5.72. The molecule has 1 atom stereocenters. The van der Waals surface area contributed by atoms with Gasteiger partial charge in [0.2, 0.25) is 0 Å². The van der Waals surface area contributed by atoms with Crippen LogP contribution in [0.5, 0.6) is 0 Å². The molecule has 1 fully saturated rings. The molecule has 0 bridgehead atoms. The zero-order valence-corrected chi connectivity index (χ0v) is 13.9. The lowest BCUT2D eigenvalue weighted by molar-refractivity contribution is 0.0712. The van der Waals surface area contributed by atoms with Crippen LogP contribution >= 0.6 is 11.6 Å². The minimum Gasteiger partial charge on any atom is -0.334 e. The number of amides is 1. The van der Waals surface area contributed by atoms with Gasteiger partial charge in [-0.25, -0.2) is 13.4 Å². The number of carbonyl (C=O) groups is 1. The summed E-state index contributed by atoms with van der Waals surface area (Å²) in [6, 6.07) is 2.94. The maximum atomic E-state index is 12.6. The Kier molecular flexibility index (Phi) is 4.58. The quantitative estimate of drug-likeness (QED) is 0.779. The number of pyridine rings is 1. The maximum absolute atomic E-state index is 12.6. The van der Waals surface area contributed by atoms with Gasteiger partial charge in [-0.05, 0) is 25.0 Å². The molecule has 0 aliphatic carbocycles. The van der Waals surface area contributed by atoms with Gasteiger partial charge < -0.3 is 4.90 Å². The zero-order valence-electron chi connectivity index (χ0n) is 12.3. The van der Waals surface area contributed by atoms with Crippen molar-refractivity contribution in [1.29, 1.82) is 0 Å². The van der Waals surface area contributed by atoms with E-state index in [4.69, 9.17) is 11.6 Å². The van der Waals surface area contributed by atoms with Gasteiger partial charge in [0, 0.05) is 23.8 Å². The molecule has 1 aliphatic heterocycles. The van der Waals surface area contributed by atoms with Crippen LogP contribution in [0.2, 0.25) is 5.15 Å². The van der Waals surface area contributed by atoms with Crippen LogP contribution < -0.4 is 0 Å². The predicted molar refractivity (Wildman–Crippen MR) is 82.5 cm³/mol. The average Bonchev–Trinajstić information content (AvgIpc) is 2.36. The monoisotopic (exact) mass is 330 g/mol. The molecule has 0 radical (unpaired) electrons. The minimum atomic E-state index is -3.04. The number of rotatable bonds is 2. The van der Waals surface area contributed by atoms with E-state index in [0.29, 0.717) is 5.56 Å². The lowest BCUT2D eigenvalue weighted by Crippen LogP contribution is -2.49. The Balaban J connectivity index is 2.28. The summed E-state index contributed by atoms with van der Waals surface area (Å²) in [5, 5.41) is 0.279. The number of halogens is 1. The molecule has 2 rings (SSSR count). The van der Waals surface area contributed by atoms with Crippen molar-refractivity contribution in [3.8, 4) is 0 Å². The Hall–Kier alpha value is -1.14. The highest BCUT2D eigenvalue weighted by Crippen LogP contribution is 2.21. The van der Waals surface area contributed by atoms with Crippen LogP contribution in [0.1, 0.15) is 42.7 Å². The van der Waals surface area contributed by atoms with Crippen molar-refractivity contribution >= 4 is 27.3 Å². The smallest absolute Gasteiger partial charge is 0.254 e. The topological polar surface area (TPSA) is 67.3 Å². The van der Waals surface area contributed by atoms with Gasteiger partial charge in [0.1, 0.15) is 5.15 Å². The number of carbonyl (C=O) groups excluding carboxylic acids is 1. The molecule has 7 heteroatoms. The van der Waals surface area contributed by atoms with Crippen LogP contribution in [-0.2, 0) is 9.84 Å². The molecule has 1 saturated heterocycles. The van der Waals surface area contributed by atoms with Gasteiger partial charge in [-0.2, -0.15) is 0 Å².